The maximum absolute atomic E-state index is 13.0. The number of piperazine rings is 1. The SMILES string of the molecule is COC(=O)N1CCN(CC(=O)Nc2cccc(F)c2)CC1. The average molecular weight is 295 g/mol. The first-order valence-corrected chi connectivity index (χ1v) is 6.69. The lowest BCUT2D eigenvalue weighted by atomic mass is 10.3. The Labute approximate surface area is 122 Å². The number of methoxy groups -OCH3 is 1. The lowest BCUT2D eigenvalue weighted by Crippen LogP contribution is -2.50. The fourth-order valence-electron chi connectivity index (χ4n) is 2.19. The molecular weight excluding hydrogens is 277 g/mol. The molecule has 0 bridgehead atoms. The first-order chi connectivity index (χ1) is 10.1. The van der Waals surface area contributed by atoms with Gasteiger partial charge in [0, 0.05) is 31.9 Å². The van der Waals surface area contributed by atoms with Crippen molar-refractivity contribution in [3.8, 4) is 0 Å². The van der Waals surface area contributed by atoms with Gasteiger partial charge in [0.2, 0.25) is 5.91 Å². The smallest absolute Gasteiger partial charge is 0.409 e. The highest BCUT2D eigenvalue weighted by molar-refractivity contribution is 5.92. The summed E-state index contributed by atoms with van der Waals surface area (Å²) in [5.74, 6) is -0.591. The monoisotopic (exact) mass is 295 g/mol. The van der Waals surface area contributed by atoms with E-state index in [0.717, 1.165) is 0 Å². The molecule has 2 amide bonds. The molecule has 7 heteroatoms. The minimum absolute atomic E-state index is 0.202. The van der Waals surface area contributed by atoms with Gasteiger partial charge in [-0.15, -0.1) is 0 Å². The molecule has 0 aromatic heterocycles. The molecule has 1 aromatic carbocycles. The Bertz CT molecular complexity index is 516. The quantitative estimate of drug-likeness (QED) is 0.908. The number of nitrogens with one attached hydrogen (secondary N) is 1. The van der Waals surface area contributed by atoms with Crippen molar-refractivity contribution in [3.63, 3.8) is 0 Å². The molecule has 1 saturated heterocycles. The molecule has 0 atom stereocenters. The topological polar surface area (TPSA) is 61.9 Å². The summed E-state index contributed by atoms with van der Waals surface area (Å²) in [5, 5.41) is 2.65. The summed E-state index contributed by atoms with van der Waals surface area (Å²) in [6.45, 7) is 2.47. The van der Waals surface area contributed by atoms with Crippen molar-refractivity contribution in [3.05, 3.63) is 30.1 Å². The Morgan fingerprint density at radius 2 is 2.00 bits per heavy atom. The Kier molecular flexibility index (Phi) is 5.10. The van der Waals surface area contributed by atoms with E-state index in [9.17, 15) is 14.0 Å². The number of halogens is 1. The minimum atomic E-state index is -0.389. The molecule has 1 aromatic rings. The molecule has 2 rings (SSSR count). The molecule has 1 N–H and O–H groups in total. The van der Waals surface area contributed by atoms with Gasteiger partial charge in [-0.1, -0.05) is 6.07 Å². The fraction of sp³-hybridized carbons (Fsp3) is 0.429. The summed E-state index contributed by atoms with van der Waals surface area (Å²) in [5.41, 5.74) is 0.438. The molecule has 1 aliphatic rings. The first kappa shape index (κ1) is 15.2. The van der Waals surface area contributed by atoms with Gasteiger partial charge in [-0.05, 0) is 18.2 Å². The molecule has 21 heavy (non-hydrogen) atoms. The molecule has 1 heterocycles. The van der Waals surface area contributed by atoms with Gasteiger partial charge in [-0.25, -0.2) is 9.18 Å². The van der Waals surface area contributed by atoms with Crippen LogP contribution in [0.25, 0.3) is 0 Å². The second kappa shape index (κ2) is 7.03. The molecule has 0 aliphatic carbocycles. The van der Waals surface area contributed by atoms with Gasteiger partial charge in [0.1, 0.15) is 5.82 Å². The Balaban J connectivity index is 1.78. The summed E-state index contributed by atoms with van der Waals surface area (Å²) in [7, 11) is 1.35. The zero-order valence-corrected chi connectivity index (χ0v) is 11.8. The van der Waals surface area contributed by atoms with Gasteiger partial charge in [-0.2, -0.15) is 0 Å². The van der Waals surface area contributed by atoms with E-state index in [1.807, 2.05) is 4.90 Å². The van der Waals surface area contributed by atoms with E-state index in [0.29, 0.717) is 31.9 Å². The van der Waals surface area contributed by atoms with Gasteiger partial charge in [0.25, 0.3) is 0 Å². The van der Waals surface area contributed by atoms with E-state index in [1.165, 1.54) is 19.2 Å². The van der Waals surface area contributed by atoms with Gasteiger partial charge < -0.3 is 15.0 Å². The Hall–Kier alpha value is -2.15. The average Bonchev–Trinajstić information content (AvgIpc) is 2.47. The summed E-state index contributed by atoms with van der Waals surface area (Å²) < 4.78 is 17.7. The Morgan fingerprint density at radius 1 is 1.29 bits per heavy atom. The first-order valence-electron chi connectivity index (χ1n) is 6.69. The number of hydrogen-bond acceptors (Lipinski definition) is 4. The maximum Gasteiger partial charge on any atom is 0.409 e. The molecular formula is C14H18FN3O3. The number of ether oxygens (including phenoxy) is 1. The highest BCUT2D eigenvalue weighted by Gasteiger charge is 2.22. The summed E-state index contributed by atoms with van der Waals surface area (Å²) in [6.07, 6.45) is -0.348. The number of hydrogen-bond donors (Lipinski definition) is 1. The van der Waals surface area contributed by atoms with E-state index in [1.54, 1.807) is 17.0 Å². The van der Waals surface area contributed by atoms with E-state index in [-0.39, 0.29) is 24.4 Å². The third-order valence-corrected chi connectivity index (χ3v) is 3.28. The third-order valence-electron chi connectivity index (χ3n) is 3.28. The molecule has 6 nitrogen and oxygen atoms in total. The number of amides is 2. The van der Waals surface area contributed by atoms with E-state index >= 15 is 0 Å². The van der Waals surface area contributed by atoms with Crippen molar-refractivity contribution < 1.29 is 18.7 Å². The standard InChI is InChI=1S/C14H18FN3O3/c1-21-14(20)18-7-5-17(6-8-18)10-13(19)16-12-4-2-3-11(15)9-12/h2-4,9H,5-8,10H2,1H3,(H,16,19). The highest BCUT2D eigenvalue weighted by Crippen LogP contribution is 2.09. The second-order valence-electron chi connectivity index (χ2n) is 4.79. The molecule has 0 unspecified atom stereocenters. The van der Waals surface area contributed by atoms with Crippen molar-refractivity contribution in [1.82, 2.24) is 9.80 Å². The van der Waals surface area contributed by atoms with Crippen molar-refractivity contribution in [2.24, 2.45) is 0 Å². The van der Waals surface area contributed by atoms with Crippen LogP contribution in [0.5, 0.6) is 0 Å². The van der Waals surface area contributed by atoms with Crippen LogP contribution in [0.3, 0.4) is 0 Å². The van der Waals surface area contributed by atoms with Crippen LogP contribution in [-0.4, -0.2) is 61.6 Å². The maximum atomic E-state index is 13.0. The largest absolute Gasteiger partial charge is 0.453 e. The fourth-order valence-corrected chi connectivity index (χ4v) is 2.19. The predicted octanol–water partition coefficient (Wildman–Crippen LogP) is 1.15. The number of benzene rings is 1. The molecule has 0 spiro atoms. The van der Waals surface area contributed by atoms with Crippen molar-refractivity contribution in [2.75, 3.05) is 45.2 Å². The second-order valence-corrected chi connectivity index (χ2v) is 4.79. The minimum Gasteiger partial charge on any atom is -0.453 e. The van der Waals surface area contributed by atoms with Gasteiger partial charge in [-0.3, -0.25) is 9.69 Å². The van der Waals surface area contributed by atoms with Crippen LogP contribution in [0.2, 0.25) is 0 Å². The number of carbonyl (C=O) groups is 2. The van der Waals surface area contributed by atoms with E-state index < -0.39 is 0 Å². The molecule has 0 saturated carbocycles. The van der Waals surface area contributed by atoms with E-state index in [4.69, 9.17) is 0 Å². The van der Waals surface area contributed by atoms with Crippen LogP contribution in [0.1, 0.15) is 0 Å². The number of anilines is 1. The normalized spacial score (nSPS) is 15.6. The van der Waals surface area contributed by atoms with Crippen LogP contribution < -0.4 is 5.32 Å². The number of nitrogens with zero attached hydrogens (tertiary/aromatic N) is 2. The lowest BCUT2D eigenvalue weighted by Gasteiger charge is -2.33. The molecule has 0 radical (unpaired) electrons. The van der Waals surface area contributed by atoms with Gasteiger partial charge in [0.15, 0.2) is 0 Å². The predicted molar refractivity (Wildman–Crippen MR) is 75.4 cm³/mol. The van der Waals surface area contributed by atoms with Gasteiger partial charge >= 0.3 is 6.09 Å². The molecule has 1 fully saturated rings. The van der Waals surface area contributed by atoms with E-state index in [2.05, 4.69) is 10.1 Å². The van der Waals surface area contributed by atoms with Crippen LogP contribution in [0.15, 0.2) is 24.3 Å². The molecule has 1 aliphatic heterocycles. The summed E-state index contributed by atoms with van der Waals surface area (Å²) in [4.78, 5) is 26.8. The van der Waals surface area contributed by atoms with Crippen molar-refractivity contribution in [2.45, 2.75) is 0 Å². The van der Waals surface area contributed by atoms with Crippen molar-refractivity contribution in [1.29, 1.82) is 0 Å². The van der Waals surface area contributed by atoms with Gasteiger partial charge in [0.05, 0.1) is 13.7 Å². The Morgan fingerprint density at radius 3 is 2.62 bits per heavy atom. The lowest BCUT2D eigenvalue weighted by molar-refractivity contribution is -0.117. The number of rotatable bonds is 3. The van der Waals surface area contributed by atoms with Crippen molar-refractivity contribution >= 4 is 17.7 Å². The zero-order valence-electron chi connectivity index (χ0n) is 11.8. The molecule has 114 valence electrons. The van der Waals surface area contributed by atoms with Crippen LogP contribution >= 0.6 is 0 Å². The van der Waals surface area contributed by atoms with Crippen LogP contribution in [0, 0.1) is 5.82 Å². The third kappa shape index (κ3) is 4.42. The zero-order chi connectivity index (χ0) is 15.2. The summed E-state index contributed by atoms with van der Waals surface area (Å²) in [6, 6.07) is 5.77. The summed E-state index contributed by atoms with van der Waals surface area (Å²) >= 11 is 0. The highest BCUT2D eigenvalue weighted by atomic mass is 19.1. The number of carbonyl (C=O) groups excluding carboxylic acids is 2. The van der Waals surface area contributed by atoms with Crippen LogP contribution in [-0.2, 0) is 9.53 Å². The van der Waals surface area contributed by atoms with Crippen LogP contribution in [0.4, 0.5) is 14.9 Å².